The van der Waals surface area contributed by atoms with Crippen LogP contribution in [0, 0.1) is 6.92 Å². The quantitative estimate of drug-likeness (QED) is 0.831. The second-order valence-electron chi connectivity index (χ2n) is 6.01. The summed E-state index contributed by atoms with van der Waals surface area (Å²) in [4.78, 5) is 26.9. The molecule has 1 amide bonds. The van der Waals surface area contributed by atoms with Crippen LogP contribution < -0.4 is 0 Å². The summed E-state index contributed by atoms with van der Waals surface area (Å²) in [5.74, 6) is -0.656. The van der Waals surface area contributed by atoms with Crippen LogP contribution in [0.2, 0.25) is 0 Å². The van der Waals surface area contributed by atoms with Crippen LogP contribution in [0.3, 0.4) is 0 Å². The van der Waals surface area contributed by atoms with Crippen molar-refractivity contribution in [2.45, 2.75) is 38.3 Å². The van der Waals surface area contributed by atoms with E-state index >= 15 is 0 Å². The average molecular weight is 359 g/mol. The van der Waals surface area contributed by atoms with Crippen LogP contribution >= 0.6 is 11.8 Å². The Balaban J connectivity index is 1.72. The van der Waals surface area contributed by atoms with Crippen molar-refractivity contribution in [3.63, 3.8) is 0 Å². The van der Waals surface area contributed by atoms with Gasteiger partial charge in [0.1, 0.15) is 0 Å². The lowest BCUT2D eigenvalue weighted by molar-refractivity contribution is -0.129. The first-order valence-electron chi connectivity index (χ1n) is 8.29. The molecule has 2 aromatic rings. The van der Waals surface area contributed by atoms with E-state index in [1.807, 2.05) is 38.1 Å². The first kappa shape index (κ1) is 17.5. The van der Waals surface area contributed by atoms with Crippen molar-refractivity contribution in [2.24, 2.45) is 0 Å². The molecular formula is C18H21N3O3S. The zero-order valence-electron chi connectivity index (χ0n) is 14.4. The van der Waals surface area contributed by atoms with Gasteiger partial charge in [0.15, 0.2) is 5.69 Å². The van der Waals surface area contributed by atoms with E-state index in [9.17, 15) is 14.7 Å². The third-order valence-corrected chi connectivity index (χ3v) is 5.59. The van der Waals surface area contributed by atoms with Crippen molar-refractivity contribution in [1.82, 2.24) is 14.7 Å². The number of carbonyl (C=O) groups excluding carboxylic acids is 1. The Morgan fingerprint density at radius 2 is 2.08 bits per heavy atom. The number of amides is 1. The van der Waals surface area contributed by atoms with E-state index in [1.54, 1.807) is 9.58 Å². The van der Waals surface area contributed by atoms with Crippen molar-refractivity contribution in [2.75, 3.05) is 12.3 Å². The van der Waals surface area contributed by atoms with Gasteiger partial charge in [0.2, 0.25) is 5.91 Å². The summed E-state index contributed by atoms with van der Waals surface area (Å²) in [5, 5.41) is 13.6. The number of carbonyl (C=O) groups is 2. The number of aromatic carboxylic acids is 1. The van der Waals surface area contributed by atoms with Crippen molar-refractivity contribution < 1.29 is 14.7 Å². The van der Waals surface area contributed by atoms with Gasteiger partial charge in [-0.05, 0) is 25.5 Å². The zero-order valence-corrected chi connectivity index (χ0v) is 15.2. The average Bonchev–Trinajstić information content (AvgIpc) is 2.99. The number of fused-ring (bicyclic) bond motifs is 1. The summed E-state index contributed by atoms with van der Waals surface area (Å²) in [6.45, 7) is 5.52. The molecule has 0 atom stereocenters. The fourth-order valence-electron chi connectivity index (χ4n) is 3.09. The second kappa shape index (κ2) is 7.31. The number of carboxylic acids is 1. The van der Waals surface area contributed by atoms with E-state index in [4.69, 9.17) is 0 Å². The maximum absolute atomic E-state index is 12.6. The zero-order chi connectivity index (χ0) is 18.0. The van der Waals surface area contributed by atoms with Crippen LogP contribution in [0.25, 0.3) is 0 Å². The van der Waals surface area contributed by atoms with Crippen molar-refractivity contribution in [1.29, 1.82) is 0 Å². The molecule has 0 aliphatic carbocycles. The van der Waals surface area contributed by atoms with Gasteiger partial charge in [-0.25, -0.2) is 4.79 Å². The molecule has 25 heavy (non-hydrogen) atoms. The molecule has 0 saturated carbocycles. The Bertz CT molecular complexity index is 816. The Kier molecular flexibility index (Phi) is 5.13. The Hall–Kier alpha value is -2.28. The first-order valence-corrected chi connectivity index (χ1v) is 9.27. The van der Waals surface area contributed by atoms with E-state index in [0.717, 1.165) is 16.2 Å². The second-order valence-corrected chi connectivity index (χ2v) is 7.03. The molecule has 1 aromatic heterocycles. The van der Waals surface area contributed by atoms with Crippen LogP contribution in [-0.2, 0) is 24.3 Å². The molecule has 0 unspecified atom stereocenters. The Morgan fingerprint density at radius 3 is 2.76 bits per heavy atom. The van der Waals surface area contributed by atoms with Gasteiger partial charge in [-0.1, -0.05) is 18.2 Å². The summed E-state index contributed by atoms with van der Waals surface area (Å²) in [6, 6.07) is 7.98. The fraction of sp³-hybridized carbons (Fsp3) is 0.389. The molecule has 0 radical (unpaired) electrons. The standard InChI is InChI=1S/C18H21N3O3S/c1-3-21-14-8-9-20(10-13(14)17(19-21)18(23)24)16(22)11-25-15-7-5-4-6-12(15)2/h4-7H,3,8-11H2,1-2H3,(H,23,24). The summed E-state index contributed by atoms with van der Waals surface area (Å²) < 4.78 is 1.74. The van der Waals surface area contributed by atoms with E-state index < -0.39 is 5.97 Å². The van der Waals surface area contributed by atoms with Gasteiger partial charge in [0, 0.05) is 42.2 Å². The number of hydrogen-bond acceptors (Lipinski definition) is 4. The first-order chi connectivity index (χ1) is 12.0. The fourth-order valence-corrected chi connectivity index (χ4v) is 4.02. The summed E-state index contributed by atoms with van der Waals surface area (Å²) >= 11 is 1.52. The van der Waals surface area contributed by atoms with Crippen LogP contribution in [0.5, 0.6) is 0 Å². The molecule has 1 aromatic carbocycles. The number of aryl methyl sites for hydroxylation is 2. The van der Waals surface area contributed by atoms with Crippen molar-refractivity contribution in [3.05, 3.63) is 46.8 Å². The van der Waals surface area contributed by atoms with Gasteiger partial charge in [0.25, 0.3) is 0 Å². The van der Waals surface area contributed by atoms with Crippen molar-refractivity contribution >= 4 is 23.6 Å². The van der Waals surface area contributed by atoms with Crippen LogP contribution in [-0.4, -0.2) is 44.0 Å². The van der Waals surface area contributed by atoms with E-state index in [0.29, 0.717) is 37.4 Å². The monoisotopic (exact) mass is 359 g/mol. The minimum Gasteiger partial charge on any atom is -0.476 e. The molecule has 0 spiro atoms. The molecular weight excluding hydrogens is 338 g/mol. The minimum atomic E-state index is -1.04. The molecule has 1 N–H and O–H groups in total. The van der Waals surface area contributed by atoms with E-state index in [1.165, 1.54) is 11.8 Å². The lowest BCUT2D eigenvalue weighted by Gasteiger charge is -2.27. The largest absolute Gasteiger partial charge is 0.476 e. The molecule has 0 saturated heterocycles. The third-order valence-electron chi connectivity index (χ3n) is 4.43. The molecule has 0 fully saturated rings. The van der Waals surface area contributed by atoms with Crippen LogP contribution in [0.15, 0.2) is 29.2 Å². The lowest BCUT2D eigenvalue weighted by Crippen LogP contribution is -2.37. The number of hydrogen-bond donors (Lipinski definition) is 1. The summed E-state index contributed by atoms with van der Waals surface area (Å²) in [5.41, 5.74) is 2.84. The summed E-state index contributed by atoms with van der Waals surface area (Å²) in [6.07, 6.45) is 0.643. The third kappa shape index (κ3) is 3.56. The van der Waals surface area contributed by atoms with Gasteiger partial charge in [-0.15, -0.1) is 11.8 Å². The van der Waals surface area contributed by atoms with Gasteiger partial charge >= 0.3 is 5.97 Å². The number of benzene rings is 1. The topological polar surface area (TPSA) is 75.4 Å². The number of nitrogens with zero attached hydrogens (tertiary/aromatic N) is 3. The normalized spacial score (nSPS) is 13.6. The molecule has 7 heteroatoms. The predicted molar refractivity (Wildman–Crippen MR) is 95.9 cm³/mol. The van der Waals surface area contributed by atoms with Gasteiger partial charge in [-0.2, -0.15) is 5.10 Å². The number of aromatic nitrogens is 2. The molecule has 132 valence electrons. The highest BCUT2D eigenvalue weighted by Gasteiger charge is 2.29. The number of carboxylic acid groups (broad SMARTS) is 1. The number of thioether (sulfide) groups is 1. The minimum absolute atomic E-state index is 0.0273. The van der Waals surface area contributed by atoms with E-state index in [2.05, 4.69) is 5.10 Å². The highest BCUT2D eigenvalue weighted by Crippen LogP contribution is 2.26. The van der Waals surface area contributed by atoms with Gasteiger partial charge < -0.3 is 10.0 Å². The highest BCUT2D eigenvalue weighted by atomic mass is 32.2. The van der Waals surface area contributed by atoms with Gasteiger partial charge in [0.05, 0.1) is 5.75 Å². The van der Waals surface area contributed by atoms with Crippen LogP contribution in [0.1, 0.15) is 34.2 Å². The lowest BCUT2D eigenvalue weighted by atomic mass is 10.1. The van der Waals surface area contributed by atoms with Crippen LogP contribution in [0.4, 0.5) is 0 Å². The molecule has 2 heterocycles. The SMILES string of the molecule is CCn1nc(C(=O)O)c2c1CCN(C(=O)CSc1ccccc1C)C2. The molecule has 0 bridgehead atoms. The maximum Gasteiger partial charge on any atom is 0.356 e. The maximum atomic E-state index is 12.6. The number of rotatable bonds is 5. The molecule has 1 aliphatic heterocycles. The van der Waals surface area contributed by atoms with Gasteiger partial charge in [-0.3, -0.25) is 9.48 Å². The summed E-state index contributed by atoms with van der Waals surface area (Å²) in [7, 11) is 0. The molecule has 6 nitrogen and oxygen atoms in total. The predicted octanol–water partition coefficient (Wildman–Crippen LogP) is 2.59. The Labute approximate surface area is 150 Å². The highest BCUT2D eigenvalue weighted by molar-refractivity contribution is 8.00. The van der Waals surface area contributed by atoms with Crippen molar-refractivity contribution in [3.8, 4) is 0 Å². The van der Waals surface area contributed by atoms with E-state index in [-0.39, 0.29) is 11.6 Å². The Morgan fingerprint density at radius 1 is 1.32 bits per heavy atom. The molecule has 3 rings (SSSR count). The smallest absolute Gasteiger partial charge is 0.356 e. The molecule has 1 aliphatic rings.